The second-order valence-electron chi connectivity index (χ2n) is 5.18. The normalized spacial score (nSPS) is 11.8. The van der Waals surface area contributed by atoms with Crippen LogP contribution < -0.4 is 13.8 Å². The molecule has 0 amide bonds. The Bertz CT molecular complexity index is 973. The van der Waals surface area contributed by atoms with Crippen LogP contribution in [0.5, 0.6) is 5.75 Å². The summed E-state index contributed by atoms with van der Waals surface area (Å²) in [7, 11) is -4.98. The van der Waals surface area contributed by atoms with Gasteiger partial charge in [0.2, 0.25) is 10.0 Å². The fourth-order valence-electron chi connectivity index (χ4n) is 1.99. The van der Waals surface area contributed by atoms with Crippen LogP contribution in [0, 0.1) is 5.82 Å². The monoisotopic (exact) mass is 388 g/mol. The number of rotatable bonds is 6. The van der Waals surface area contributed by atoms with E-state index in [4.69, 9.17) is 4.74 Å². The molecule has 136 valence electrons. The van der Waals surface area contributed by atoms with Gasteiger partial charge in [-0.2, -0.15) is 0 Å². The van der Waals surface area contributed by atoms with Crippen molar-refractivity contribution in [2.24, 2.45) is 0 Å². The number of nitrogens with zero attached hydrogens (tertiary/aromatic N) is 1. The summed E-state index contributed by atoms with van der Waals surface area (Å²) in [6, 6.07) is 8.62. The van der Waals surface area contributed by atoms with Gasteiger partial charge < -0.3 is 4.74 Å². The zero-order valence-electron chi connectivity index (χ0n) is 13.7. The molecule has 10 heteroatoms. The lowest BCUT2D eigenvalue weighted by atomic mass is 10.3. The average Bonchev–Trinajstić information content (AvgIpc) is 2.54. The zero-order valence-corrected chi connectivity index (χ0v) is 15.4. The van der Waals surface area contributed by atoms with Gasteiger partial charge in [0.25, 0.3) is 10.0 Å². The van der Waals surface area contributed by atoms with Crippen LogP contribution in [-0.2, 0) is 20.0 Å². The van der Waals surface area contributed by atoms with Crippen molar-refractivity contribution in [2.45, 2.75) is 4.90 Å². The van der Waals surface area contributed by atoms with Gasteiger partial charge in [-0.1, -0.05) is 0 Å². The number of hydrogen-bond acceptors (Lipinski definition) is 5. The molecule has 0 unspecified atom stereocenters. The molecule has 2 aromatic rings. The summed E-state index contributed by atoms with van der Waals surface area (Å²) in [5.41, 5.74) is 0.252. The lowest BCUT2D eigenvalue weighted by molar-refractivity contribution is 0.415. The molecule has 0 saturated carbocycles. The highest BCUT2D eigenvalue weighted by Gasteiger charge is 2.21. The minimum atomic E-state index is -4.00. The van der Waals surface area contributed by atoms with Gasteiger partial charge in [-0.05, 0) is 42.5 Å². The summed E-state index contributed by atoms with van der Waals surface area (Å²) < 4.78 is 69.7. The molecule has 0 aliphatic heterocycles. The van der Waals surface area contributed by atoms with E-state index < -0.39 is 25.9 Å². The molecule has 0 heterocycles. The number of halogens is 1. The molecule has 0 aliphatic rings. The molecule has 0 aliphatic carbocycles. The van der Waals surface area contributed by atoms with Gasteiger partial charge >= 0.3 is 0 Å². The molecule has 0 radical (unpaired) electrons. The van der Waals surface area contributed by atoms with Crippen molar-refractivity contribution in [2.75, 3.05) is 29.4 Å². The van der Waals surface area contributed by atoms with Crippen LogP contribution in [0.4, 0.5) is 15.8 Å². The number of anilines is 2. The predicted molar refractivity (Wildman–Crippen MR) is 93.4 cm³/mol. The van der Waals surface area contributed by atoms with E-state index >= 15 is 0 Å². The first-order chi connectivity index (χ1) is 11.5. The Morgan fingerprint density at radius 1 is 1.04 bits per heavy atom. The Hall–Kier alpha value is -2.33. The maximum atomic E-state index is 12.9. The van der Waals surface area contributed by atoms with E-state index in [1.165, 1.54) is 44.5 Å². The molecule has 1 N–H and O–H groups in total. The minimum absolute atomic E-state index is 0.0759. The molecule has 0 saturated heterocycles. The number of hydrogen-bond donors (Lipinski definition) is 1. The quantitative estimate of drug-likeness (QED) is 0.817. The second-order valence-corrected chi connectivity index (χ2v) is 8.87. The predicted octanol–water partition coefficient (Wildman–Crippen LogP) is 2.03. The molecule has 0 spiro atoms. The minimum Gasteiger partial charge on any atom is -0.495 e. The fourth-order valence-corrected chi connectivity index (χ4v) is 3.57. The third kappa shape index (κ3) is 4.40. The van der Waals surface area contributed by atoms with Crippen molar-refractivity contribution in [3.05, 3.63) is 48.3 Å². The van der Waals surface area contributed by atoms with Crippen molar-refractivity contribution < 1.29 is 26.0 Å². The summed E-state index contributed by atoms with van der Waals surface area (Å²) >= 11 is 0. The van der Waals surface area contributed by atoms with Crippen molar-refractivity contribution in [1.82, 2.24) is 0 Å². The van der Waals surface area contributed by atoms with Crippen molar-refractivity contribution in [1.29, 1.82) is 0 Å². The van der Waals surface area contributed by atoms with Gasteiger partial charge in [-0.3, -0.25) is 9.03 Å². The topological polar surface area (TPSA) is 92.8 Å². The zero-order chi connectivity index (χ0) is 18.8. The molecule has 0 fully saturated rings. The van der Waals surface area contributed by atoms with Gasteiger partial charge in [-0.15, -0.1) is 0 Å². The van der Waals surface area contributed by atoms with E-state index in [1.54, 1.807) is 0 Å². The van der Waals surface area contributed by atoms with Gasteiger partial charge in [0.05, 0.1) is 23.9 Å². The molecule has 0 atom stereocenters. The SMILES string of the molecule is COc1ccc(S(=O)(=O)Nc2ccc(F)cc2)cc1N(C)S(C)(=O)=O. The van der Waals surface area contributed by atoms with E-state index in [0.29, 0.717) is 0 Å². The first kappa shape index (κ1) is 19.0. The van der Waals surface area contributed by atoms with E-state index in [9.17, 15) is 21.2 Å². The number of ether oxygens (including phenoxy) is 1. The Morgan fingerprint density at radius 3 is 2.16 bits per heavy atom. The summed E-state index contributed by atoms with van der Waals surface area (Å²) in [5.74, 6) is -0.293. The van der Waals surface area contributed by atoms with Crippen LogP contribution in [0.2, 0.25) is 0 Å². The summed E-state index contributed by atoms with van der Waals surface area (Å²) in [6.45, 7) is 0. The number of nitrogens with one attached hydrogen (secondary N) is 1. The van der Waals surface area contributed by atoms with Crippen LogP contribution in [0.25, 0.3) is 0 Å². The molecular formula is C15H17FN2O5S2. The van der Waals surface area contributed by atoms with E-state index in [2.05, 4.69) is 4.72 Å². The van der Waals surface area contributed by atoms with Gasteiger partial charge in [0, 0.05) is 12.7 Å². The molecule has 0 aromatic heterocycles. The van der Waals surface area contributed by atoms with E-state index in [-0.39, 0.29) is 22.0 Å². The van der Waals surface area contributed by atoms with Crippen LogP contribution in [-0.4, -0.2) is 37.2 Å². The molecule has 25 heavy (non-hydrogen) atoms. The number of benzene rings is 2. The number of methoxy groups -OCH3 is 1. The van der Waals surface area contributed by atoms with Crippen molar-refractivity contribution in [3.63, 3.8) is 0 Å². The Kier molecular flexibility index (Phi) is 5.23. The smallest absolute Gasteiger partial charge is 0.261 e. The second kappa shape index (κ2) is 6.89. The van der Waals surface area contributed by atoms with Crippen LogP contribution in [0.3, 0.4) is 0 Å². The lowest BCUT2D eigenvalue weighted by Gasteiger charge is -2.20. The molecular weight excluding hydrogens is 371 g/mol. The summed E-state index contributed by atoms with van der Waals surface area (Å²) in [4.78, 5) is -0.164. The maximum Gasteiger partial charge on any atom is 0.261 e. The van der Waals surface area contributed by atoms with E-state index in [1.807, 2.05) is 0 Å². The Balaban J connectivity index is 2.46. The Labute approximate surface area is 146 Å². The summed E-state index contributed by atoms with van der Waals surface area (Å²) in [5, 5.41) is 0. The van der Waals surface area contributed by atoms with Crippen LogP contribution in [0.15, 0.2) is 47.4 Å². The standard InChI is InChI=1S/C15H17FN2O5S2/c1-18(24(3,19)20)14-10-13(8-9-15(14)23-2)25(21,22)17-12-6-4-11(16)5-7-12/h4-10,17H,1-3H3. The van der Waals surface area contributed by atoms with E-state index in [0.717, 1.165) is 22.7 Å². The third-order valence-corrected chi connectivity index (χ3v) is 5.96. The molecule has 2 aromatic carbocycles. The largest absolute Gasteiger partial charge is 0.495 e. The highest BCUT2D eigenvalue weighted by atomic mass is 32.2. The maximum absolute atomic E-state index is 12.9. The highest BCUT2D eigenvalue weighted by Crippen LogP contribution is 2.32. The first-order valence-corrected chi connectivity index (χ1v) is 10.3. The van der Waals surface area contributed by atoms with Gasteiger partial charge in [-0.25, -0.2) is 21.2 Å². The van der Waals surface area contributed by atoms with Gasteiger partial charge in [0.15, 0.2) is 0 Å². The first-order valence-electron chi connectivity index (χ1n) is 6.95. The molecule has 2 rings (SSSR count). The Morgan fingerprint density at radius 2 is 1.64 bits per heavy atom. The number of sulfonamides is 2. The van der Waals surface area contributed by atoms with Gasteiger partial charge in [0.1, 0.15) is 11.6 Å². The molecule has 7 nitrogen and oxygen atoms in total. The fraction of sp³-hybridized carbons (Fsp3) is 0.200. The highest BCUT2D eigenvalue weighted by molar-refractivity contribution is 7.93. The van der Waals surface area contributed by atoms with Crippen molar-refractivity contribution >= 4 is 31.4 Å². The van der Waals surface area contributed by atoms with Crippen LogP contribution >= 0.6 is 0 Å². The molecule has 0 bridgehead atoms. The summed E-state index contributed by atoms with van der Waals surface area (Å²) in [6.07, 6.45) is 0.990. The lowest BCUT2D eigenvalue weighted by Crippen LogP contribution is -2.25. The average molecular weight is 388 g/mol. The van der Waals surface area contributed by atoms with Crippen molar-refractivity contribution in [3.8, 4) is 5.75 Å². The third-order valence-electron chi connectivity index (χ3n) is 3.39. The van der Waals surface area contributed by atoms with Crippen LogP contribution in [0.1, 0.15) is 0 Å².